The Bertz CT molecular complexity index is 720. The van der Waals surface area contributed by atoms with Crippen LogP contribution in [0.3, 0.4) is 0 Å². The second-order valence-corrected chi connectivity index (χ2v) is 10.6. The highest BCUT2D eigenvalue weighted by molar-refractivity contribution is 5.33. The molecule has 0 radical (unpaired) electrons. The fourth-order valence-corrected chi connectivity index (χ4v) is 6.69. The van der Waals surface area contributed by atoms with Crippen molar-refractivity contribution in [2.75, 3.05) is 6.61 Å². The molecule has 2 unspecified atom stereocenters. The molecule has 1 aliphatic heterocycles. The Balaban J connectivity index is 1.25. The summed E-state index contributed by atoms with van der Waals surface area (Å²) in [6.07, 6.45) is 16.3. The van der Waals surface area contributed by atoms with Crippen molar-refractivity contribution >= 4 is 0 Å². The van der Waals surface area contributed by atoms with Crippen LogP contribution in [0.15, 0.2) is 12.1 Å². The van der Waals surface area contributed by atoms with Gasteiger partial charge >= 0.3 is 0 Å². The molecule has 3 fully saturated rings. The summed E-state index contributed by atoms with van der Waals surface area (Å²) >= 11 is 0. The molecule has 2 atom stereocenters. The Kier molecular flexibility index (Phi) is 8.48. The lowest BCUT2D eigenvalue weighted by atomic mass is 9.67. The molecule has 0 N–H and O–H groups in total. The van der Waals surface area contributed by atoms with Gasteiger partial charge in [0.25, 0.3) is 0 Å². The highest BCUT2D eigenvalue weighted by Crippen LogP contribution is 2.46. The zero-order valence-corrected chi connectivity index (χ0v) is 20.1. The van der Waals surface area contributed by atoms with Gasteiger partial charge in [-0.25, -0.2) is 4.39 Å². The van der Waals surface area contributed by atoms with Gasteiger partial charge in [-0.2, -0.15) is 4.39 Å². The minimum Gasteiger partial charge on any atom is -0.490 e. The molecule has 180 valence electrons. The number of halogens is 2. The van der Waals surface area contributed by atoms with E-state index >= 15 is 0 Å². The summed E-state index contributed by atoms with van der Waals surface area (Å²) in [5.41, 5.74) is 0.550. The molecule has 0 spiro atoms. The standard InChI is InChI=1S/C28H42F2O2/c1-3-5-23-14-16-25(32-23)22-12-8-20(9-13-22)19-6-10-21(11-7-19)24-15-17-26(31-18-4-2)28(30)27(24)29/h15,17,19-23,25H,3-14,16,18H2,1-2H3. The molecule has 0 aromatic heterocycles. The average Bonchev–Trinajstić information content (AvgIpc) is 3.29. The Morgan fingerprint density at radius 2 is 1.44 bits per heavy atom. The number of benzene rings is 1. The van der Waals surface area contributed by atoms with E-state index in [9.17, 15) is 8.78 Å². The number of hydrogen-bond donors (Lipinski definition) is 0. The highest BCUT2D eigenvalue weighted by Gasteiger charge is 2.37. The van der Waals surface area contributed by atoms with Gasteiger partial charge in [-0.3, -0.25) is 0 Å². The van der Waals surface area contributed by atoms with Gasteiger partial charge in [0.1, 0.15) is 0 Å². The lowest BCUT2D eigenvalue weighted by Gasteiger charge is -2.39. The third-order valence-electron chi connectivity index (χ3n) is 8.51. The van der Waals surface area contributed by atoms with Gasteiger partial charge < -0.3 is 9.47 Å². The normalized spacial score (nSPS) is 33.4. The fourth-order valence-electron chi connectivity index (χ4n) is 6.69. The van der Waals surface area contributed by atoms with Gasteiger partial charge in [-0.15, -0.1) is 0 Å². The van der Waals surface area contributed by atoms with E-state index in [2.05, 4.69) is 6.92 Å². The smallest absolute Gasteiger partial charge is 0.200 e. The molecule has 32 heavy (non-hydrogen) atoms. The molecule has 3 aliphatic rings. The van der Waals surface area contributed by atoms with Crippen molar-refractivity contribution < 1.29 is 18.3 Å². The molecule has 2 saturated carbocycles. The molecule has 0 bridgehead atoms. The van der Waals surface area contributed by atoms with Crippen molar-refractivity contribution in [1.82, 2.24) is 0 Å². The summed E-state index contributed by atoms with van der Waals surface area (Å²) in [6, 6.07) is 3.37. The van der Waals surface area contributed by atoms with Gasteiger partial charge in [0, 0.05) is 0 Å². The van der Waals surface area contributed by atoms with E-state index in [4.69, 9.17) is 9.47 Å². The first kappa shape index (κ1) is 24.0. The molecular weight excluding hydrogens is 406 g/mol. The lowest BCUT2D eigenvalue weighted by molar-refractivity contribution is -0.0111. The highest BCUT2D eigenvalue weighted by atomic mass is 19.2. The maximum Gasteiger partial charge on any atom is 0.200 e. The van der Waals surface area contributed by atoms with Crippen molar-refractivity contribution in [3.8, 4) is 5.75 Å². The summed E-state index contributed by atoms with van der Waals surface area (Å²) in [6.45, 7) is 4.62. The van der Waals surface area contributed by atoms with E-state index in [1.165, 1.54) is 51.4 Å². The monoisotopic (exact) mass is 448 g/mol. The van der Waals surface area contributed by atoms with Gasteiger partial charge in [0.05, 0.1) is 18.8 Å². The van der Waals surface area contributed by atoms with Gasteiger partial charge in [-0.1, -0.05) is 26.3 Å². The van der Waals surface area contributed by atoms with Crippen molar-refractivity contribution in [3.05, 3.63) is 29.3 Å². The third-order valence-corrected chi connectivity index (χ3v) is 8.51. The van der Waals surface area contributed by atoms with Crippen molar-refractivity contribution in [1.29, 1.82) is 0 Å². The molecule has 2 aliphatic carbocycles. The van der Waals surface area contributed by atoms with Crippen LogP contribution in [0.4, 0.5) is 8.78 Å². The van der Waals surface area contributed by atoms with E-state index in [0.29, 0.717) is 24.4 Å². The van der Waals surface area contributed by atoms with E-state index in [-0.39, 0.29) is 11.7 Å². The summed E-state index contributed by atoms with van der Waals surface area (Å²) < 4.78 is 40.9. The van der Waals surface area contributed by atoms with Crippen LogP contribution in [0.25, 0.3) is 0 Å². The number of rotatable bonds is 8. The SMILES string of the molecule is CCCOc1ccc(C2CCC(C3CCC(C4CCC(CCC)O4)CC3)CC2)c(F)c1F. The largest absolute Gasteiger partial charge is 0.490 e. The zero-order valence-electron chi connectivity index (χ0n) is 20.1. The summed E-state index contributed by atoms with van der Waals surface area (Å²) in [5.74, 6) is 1.00. The first-order chi connectivity index (χ1) is 15.6. The quantitative estimate of drug-likeness (QED) is 0.399. The van der Waals surface area contributed by atoms with E-state index in [1.54, 1.807) is 12.1 Å². The summed E-state index contributed by atoms with van der Waals surface area (Å²) in [7, 11) is 0. The van der Waals surface area contributed by atoms with Crippen molar-refractivity contribution in [3.63, 3.8) is 0 Å². The van der Waals surface area contributed by atoms with Crippen LogP contribution in [0, 0.1) is 29.4 Å². The van der Waals surface area contributed by atoms with Gasteiger partial charge in [0.15, 0.2) is 11.6 Å². The average molecular weight is 449 g/mol. The molecule has 0 amide bonds. The van der Waals surface area contributed by atoms with E-state index < -0.39 is 11.6 Å². The number of hydrogen-bond acceptors (Lipinski definition) is 2. The molecule has 1 aromatic rings. The van der Waals surface area contributed by atoms with Crippen LogP contribution in [0.2, 0.25) is 0 Å². The Hall–Kier alpha value is -1.16. The van der Waals surface area contributed by atoms with Crippen LogP contribution >= 0.6 is 0 Å². The molecule has 1 saturated heterocycles. The second-order valence-electron chi connectivity index (χ2n) is 10.6. The van der Waals surface area contributed by atoms with Crippen LogP contribution in [-0.4, -0.2) is 18.8 Å². The zero-order chi connectivity index (χ0) is 22.5. The Morgan fingerprint density at radius 1 is 0.781 bits per heavy atom. The molecule has 2 nitrogen and oxygen atoms in total. The van der Waals surface area contributed by atoms with Crippen molar-refractivity contribution in [2.45, 2.75) is 115 Å². The molecule has 1 heterocycles. The minimum absolute atomic E-state index is 0.0470. The maximum atomic E-state index is 14.7. The number of ether oxygens (including phenoxy) is 2. The topological polar surface area (TPSA) is 18.5 Å². The van der Waals surface area contributed by atoms with Crippen LogP contribution in [0.1, 0.15) is 109 Å². The molecule has 1 aromatic carbocycles. The van der Waals surface area contributed by atoms with Crippen LogP contribution in [-0.2, 0) is 4.74 Å². The fraction of sp³-hybridized carbons (Fsp3) is 0.786. The van der Waals surface area contributed by atoms with Crippen molar-refractivity contribution in [2.24, 2.45) is 17.8 Å². The first-order valence-electron chi connectivity index (χ1n) is 13.4. The molecular formula is C28H42F2O2. The maximum absolute atomic E-state index is 14.7. The minimum atomic E-state index is -0.813. The predicted molar refractivity (Wildman–Crippen MR) is 125 cm³/mol. The van der Waals surface area contributed by atoms with E-state index in [0.717, 1.165) is 49.9 Å². The Morgan fingerprint density at radius 3 is 2.09 bits per heavy atom. The lowest BCUT2D eigenvalue weighted by Crippen LogP contribution is -2.30. The van der Waals surface area contributed by atoms with Crippen LogP contribution < -0.4 is 4.74 Å². The molecule has 4 heteroatoms. The second kappa shape index (κ2) is 11.3. The third kappa shape index (κ3) is 5.48. The van der Waals surface area contributed by atoms with E-state index in [1.807, 2.05) is 6.92 Å². The first-order valence-corrected chi connectivity index (χ1v) is 13.4. The van der Waals surface area contributed by atoms with Gasteiger partial charge in [0.2, 0.25) is 5.82 Å². The van der Waals surface area contributed by atoms with Crippen LogP contribution in [0.5, 0.6) is 5.75 Å². The summed E-state index contributed by atoms with van der Waals surface area (Å²) in [4.78, 5) is 0. The van der Waals surface area contributed by atoms with Gasteiger partial charge in [-0.05, 0) is 112 Å². The Labute approximate surface area is 193 Å². The predicted octanol–water partition coefficient (Wildman–Crippen LogP) is 8.18. The molecule has 4 rings (SSSR count). The summed E-state index contributed by atoms with van der Waals surface area (Å²) in [5, 5.41) is 0.